The fraction of sp³-hybridized carbons (Fsp3) is 0.667. The Balaban J connectivity index is 2.67. The summed E-state index contributed by atoms with van der Waals surface area (Å²) in [5.74, 6) is 0. The van der Waals surface area contributed by atoms with E-state index < -0.39 is 0 Å². The number of hydrogen-bond acceptors (Lipinski definition) is 4. The molecule has 4 nitrogen and oxygen atoms in total. The zero-order chi connectivity index (χ0) is 13.9. The molecule has 0 aliphatic heterocycles. The van der Waals surface area contributed by atoms with E-state index in [4.69, 9.17) is 9.47 Å². The molecule has 0 fully saturated rings. The lowest BCUT2D eigenvalue weighted by molar-refractivity contribution is -0.153. The Labute approximate surface area is 116 Å². The van der Waals surface area contributed by atoms with E-state index in [-0.39, 0.29) is 12.3 Å². The molecular weight excluding hydrogens is 240 g/mol. The molecule has 0 amide bonds. The van der Waals surface area contributed by atoms with Crippen molar-refractivity contribution in [3.8, 4) is 0 Å². The van der Waals surface area contributed by atoms with Gasteiger partial charge in [0.1, 0.15) is 0 Å². The van der Waals surface area contributed by atoms with Crippen LogP contribution in [0.3, 0.4) is 0 Å². The summed E-state index contributed by atoms with van der Waals surface area (Å²) in [6.45, 7) is 8.39. The van der Waals surface area contributed by atoms with Gasteiger partial charge in [0.15, 0.2) is 6.29 Å². The van der Waals surface area contributed by atoms with Crippen molar-refractivity contribution in [1.29, 1.82) is 0 Å². The lowest BCUT2D eigenvalue weighted by atomic mass is 10.1. The number of hydrogen-bond donors (Lipinski definition) is 1. The van der Waals surface area contributed by atoms with Gasteiger partial charge in [-0.3, -0.25) is 4.98 Å². The first-order valence-corrected chi connectivity index (χ1v) is 7.18. The number of nitrogens with one attached hydrogen (secondary N) is 1. The second kappa shape index (κ2) is 9.89. The highest BCUT2D eigenvalue weighted by Gasteiger charge is 2.22. The lowest BCUT2D eigenvalue weighted by Gasteiger charge is -2.27. The largest absolute Gasteiger partial charge is 0.351 e. The Hall–Kier alpha value is -0.970. The Morgan fingerprint density at radius 1 is 1.16 bits per heavy atom. The molecule has 1 atom stereocenters. The molecule has 1 aromatic heterocycles. The summed E-state index contributed by atoms with van der Waals surface area (Å²) >= 11 is 0. The molecule has 0 spiro atoms. The molecule has 1 unspecified atom stereocenters. The number of rotatable bonds is 10. The van der Waals surface area contributed by atoms with E-state index >= 15 is 0 Å². The maximum Gasteiger partial charge on any atom is 0.173 e. The third-order valence-electron chi connectivity index (χ3n) is 2.80. The van der Waals surface area contributed by atoms with E-state index in [1.807, 2.05) is 38.2 Å². The van der Waals surface area contributed by atoms with Crippen LogP contribution in [0.25, 0.3) is 0 Å². The van der Waals surface area contributed by atoms with Gasteiger partial charge in [0.2, 0.25) is 0 Å². The predicted molar refractivity (Wildman–Crippen MR) is 77.1 cm³/mol. The normalized spacial score (nSPS) is 12.8. The molecular formula is C15H26N2O2. The molecule has 1 heterocycles. The van der Waals surface area contributed by atoms with Gasteiger partial charge in [-0.15, -0.1) is 0 Å². The molecule has 0 bridgehead atoms. The highest BCUT2D eigenvalue weighted by atomic mass is 16.7. The van der Waals surface area contributed by atoms with Gasteiger partial charge >= 0.3 is 0 Å². The van der Waals surface area contributed by atoms with Crippen molar-refractivity contribution in [2.24, 2.45) is 0 Å². The van der Waals surface area contributed by atoms with Gasteiger partial charge in [-0.05, 0) is 38.9 Å². The fourth-order valence-electron chi connectivity index (χ4n) is 1.95. The molecule has 0 aromatic carbocycles. The SMILES string of the molecule is CCCNC(Cc1ccccn1)C(OCC)OCC. The highest BCUT2D eigenvalue weighted by Crippen LogP contribution is 2.09. The Bertz CT molecular complexity index is 313. The molecule has 0 saturated carbocycles. The summed E-state index contributed by atoms with van der Waals surface area (Å²) in [6, 6.07) is 6.11. The molecule has 1 rings (SSSR count). The van der Waals surface area contributed by atoms with Crippen LogP contribution >= 0.6 is 0 Å². The van der Waals surface area contributed by atoms with Gasteiger partial charge < -0.3 is 14.8 Å². The molecule has 1 aromatic rings. The van der Waals surface area contributed by atoms with Gasteiger partial charge in [-0.25, -0.2) is 0 Å². The van der Waals surface area contributed by atoms with Crippen molar-refractivity contribution in [3.05, 3.63) is 30.1 Å². The second-order valence-corrected chi connectivity index (χ2v) is 4.36. The van der Waals surface area contributed by atoms with E-state index in [0.29, 0.717) is 13.2 Å². The molecule has 1 N–H and O–H groups in total. The van der Waals surface area contributed by atoms with Gasteiger partial charge in [-0.1, -0.05) is 13.0 Å². The van der Waals surface area contributed by atoms with Crippen LogP contribution in [0, 0.1) is 0 Å². The number of nitrogens with zero attached hydrogens (tertiary/aromatic N) is 1. The van der Waals surface area contributed by atoms with E-state index in [1.54, 1.807) is 0 Å². The quantitative estimate of drug-likeness (QED) is 0.660. The van der Waals surface area contributed by atoms with E-state index in [1.165, 1.54) is 0 Å². The van der Waals surface area contributed by atoms with E-state index in [9.17, 15) is 0 Å². The van der Waals surface area contributed by atoms with Crippen molar-refractivity contribution in [1.82, 2.24) is 10.3 Å². The Morgan fingerprint density at radius 2 is 1.89 bits per heavy atom. The highest BCUT2D eigenvalue weighted by molar-refractivity contribution is 5.05. The van der Waals surface area contributed by atoms with Gasteiger partial charge in [0.25, 0.3) is 0 Å². The molecule has 0 aliphatic carbocycles. The minimum atomic E-state index is -0.219. The number of pyridine rings is 1. The first-order chi connectivity index (χ1) is 9.31. The van der Waals surface area contributed by atoms with E-state index in [2.05, 4.69) is 17.2 Å². The van der Waals surface area contributed by atoms with E-state index in [0.717, 1.165) is 25.1 Å². The molecule has 0 aliphatic rings. The third kappa shape index (κ3) is 6.14. The monoisotopic (exact) mass is 266 g/mol. The second-order valence-electron chi connectivity index (χ2n) is 4.36. The summed E-state index contributed by atoms with van der Waals surface area (Å²) in [4.78, 5) is 4.38. The van der Waals surface area contributed by atoms with Crippen LogP contribution in [0.4, 0.5) is 0 Å². The molecule has 0 radical (unpaired) electrons. The maximum absolute atomic E-state index is 5.70. The van der Waals surface area contributed by atoms with Crippen molar-refractivity contribution < 1.29 is 9.47 Å². The zero-order valence-corrected chi connectivity index (χ0v) is 12.3. The first-order valence-electron chi connectivity index (χ1n) is 7.18. The summed E-state index contributed by atoms with van der Waals surface area (Å²) in [5, 5.41) is 3.50. The molecule has 0 saturated heterocycles. The Kier molecular flexibility index (Phi) is 8.38. The maximum atomic E-state index is 5.70. The van der Waals surface area contributed by atoms with Crippen molar-refractivity contribution in [2.75, 3.05) is 19.8 Å². The molecule has 19 heavy (non-hydrogen) atoms. The topological polar surface area (TPSA) is 43.4 Å². The summed E-state index contributed by atoms with van der Waals surface area (Å²) in [6.07, 6.45) is 3.50. The van der Waals surface area contributed by atoms with Crippen molar-refractivity contribution in [3.63, 3.8) is 0 Å². The third-order valence-corrected chi connectivity index (χ3v) is 2.80. The standard InChI is InChI=1S/C15H26N2O2/c1-4-10-17-14(15(18-5-2)19-6-3)12-13-9-7-8-11-16-13/h7-9,11,14-15,17H,4-6,10,12H2,1-3H3. The van der Waals surface area contributed by atoms with Crippen LogP contribution in [0.2, 0.25) is 0 Å². The Morgan fingerprint density at radius 3 is 2.42 bits per heavy atom. The first kappa shape index (κ1) is 16.1. The van der Waals surface area contributed by atoms with Gasteiger partial charge in [0.05, 0.1) is 6.04 Å². The fourth-order valence-corrected chi connectivity index (χ4v) is 1.95. The van der Waals surface area contributed by atoms with Crippen LogP contribution in [0.15, 0.2) is 24.4 Å². The van der Waals surface area contributed by atoms with Crippen molar-refractivity contribution in [2.45, 2.75) is 45.9 Å². The molecule has 4 heteroatoms. The van der Waals surface area contributed by atoms with Crippen molar-refractivity contribution >= 4 is 0 Å². The van der Waals surface area contributed by atoms with Crippen LogP contribution in [0.1, 0.15) is 32.9 Å². The van der Waals surface area contributed by atoms with Crippen LogP contribution in [0.5, 0.6) is 0 Å². The lowest BCUT2D eigenvalue weighted by Crippen LogP contribution is -2.45. The van der Waals surface area contributed by atoms with Gasteiger partial charge in [-0.2, -0.15) is 0 Å². The summed E-state index contributed by atoms with van der Waals surface area (Å²) in [7, 11) is 0. The van der Waals surface area contributed by atoms with Crippen LogP contribution in [-0.4, -0.2) is 37.1 Å². The average Bonchev–Trinajstić information content (AvgIpc) is 2.44. The predicted octanol–water partition coefficient (Wildman–Crippen LogP) is 2.39. The van der Waals surface area contributed by atoms with Crippen LogP contribution in [-0.2, 0) is 15.9 Å². The summed E-state index contributed by atoms with van der Waals surface area (Å²) in [5.41, 5.74) is 1.06. The summed E-state index contributed by atoms with van der Waals surface area (Å²) < 4.78 is 11.4. The van der Waals surface area contributed by atoms with Crippen LogP contribution < -0.4 is 5.32 Å². The minimum absolute atomic E-state index is 0.134. The zero-order valence-electron chi connectivity index (χ0n) is 12.3. The minimum Gasteiger partial charge on any atom is -0.351 e. The number of ether oxygens (including phenoxy) is 2. The smallest absolute Gasteiger partial charge is 0.173 e. The molecule has 108 valence electrons. The average molecular weight is 266 g/mol. The van der Waals surface area contributed by atoms with Gasteiger partial charge in [0, 0.05) is 31.5 Å². The number of aromatic nitrogens is 1.